The largest absolute Gasteiger partial charge is 0.346 e. The van der Waals surface area contributed by atoms with Gasteiger partial charge in [0.2, 0.25) is 5.91 Å². The number of amides is 2. The molecule has 3 aliphatic rings. The molecule has 2 saturated heterocycles. The molecule has 0 radical (unpaired) electrons. The molecule has 2 fully saturated rings. The summed E-state index contributed by atoms with van der Waals surface area (Å²) in [5.74, 6) is 0.168. The summed E-state index contributed by atoms with van der Waals surface area (Å²) in [4.78, 5) is 28.7. The van der Waals surface area contributed by atoms with Crippen LogP contribution in [0.3, 0.4) is 0 Å². The third-order valence-corrected chi connectivity index (χ3v) is 7.52. The number of fused-ring (bicyclic) bond motifs is 4. The fourth-order valence-corrected chi connectivity index (χ4v) is 5.83. The molecule has 2 amide bonds. The Morgan fingerprint density at radius 1 is 1.23 bits per heavy atom. The summed E-state index contributed by atoms with van der Waals surface area (Å²) in [6.07, 6.45) is 3.51. The number of nitrogens with zero attached hydrogens (tertiary/aromatic N) is 1. The SMILES string of the molecule is C[C@@H](NC(=O)c1ccc(Cl)c2c1[C@@H]1C[C@H]3NCCC[C@H]3C(=O)N1CC2)c1ccccc1. The molecule has 2 N–H and O–H groups in total. The smallest absolute Gasteiger partial charge is 0.252 e. The Morgan fingerprint density at radius 3 is 2.84 bits per heavy atom. The Hall–Kier alpha value is -2.37. The summed E-state index contributed by atoms with van der Waals surface area (Å²) in [6, 6.07) is 13.5. The van der Waals surface area contributed by atoms with E-state index in [-0.39, 0.29) is 35.9 Å². The second-order valence-electron chi connectivity index (χ2n) is 8.94. The number of nitrogens with one attached hydrogen (secondary N) is 2. The molecule has 0 aromatic heterocycles. The zero-order chi connectivity index (χ0) is 21.5. The summed E-state index contributed by atoms with van der Waals surface area (Å²) < 4.78 is 0. The Morgan fingerprint density at radius 2 is 2.03 bits per heavy atom. The van der Waals surface area contributed by atoms with Gasteiger partial charge in [-0.3, -0.25) is 9.59 Å². The third-order valence-electron chi connectivity index (χ3n) is 7.17. The van der Waals surface area contributed by atoms with E-state index in [4.69, 9.17) is 11.6 Å². The van der Waals surface area contributed by atoms with Gasteiger partial charge in [0, 0.05) is 23.2 Å². The first kappa shape index (κ1) is 20.5. The molecule has 0 saturated carbocycles. The van der Waals surface area contributed by atoms with Crippen LogP contribution in [0.2, 0.25) is 5.02 Å². The van der Waals surface area contributed by atoms with E-state index in [9.17, 15) is 9.59 Å². The van der Waals surface area contributed by atoms with Gasteiger partial charge in [0.1, 0.15) is 0 Å². The first-order chi connectivity index (χ1) is 15.0. The molecule has 2 aromatic carbocycles. The number of hydrogen-bond donors (Lipinski definition) is 2. The van der Waals surface area contributed by atoms with Crippen LogP contribution < -0.4 is 10.6 Å². The minimum atomic E-state index is -0.114. The number of carbonyl (C=O) groups excluding carboxylic acids is 2. The van der Waals surface area contributed by atoms with Crippen molar-refractivity contribution in [3.63, 3.8) is 0 Å². The Kier molecular flexibility index (Phi) is 5.49. The van der Waals surface area contributed by atoms with Crippen LogP contribution in [-0.4, -0.2) is 35.8 Å². The second kappa shape index (κ2) is 8.29. The fourth-order valence-electron chi connectivity index (χ4n) is 5.57. The van der Waals surface area contributed by atoms with Crippen LogP contribution >= 0.6 is 11.6 Å². The van der Waals surface area contributed by atoms with Crippen LogP contribution in [0.5, 0.6) is 0 Å². The van der Waals surface area contributed by atoms with Crippen molar-refractivity contribution in [2.45, 2.75) is 50.7 Å². The van der Waals surface area contributed by atoms with Gasteiger partial charge in [-0.15, -0.1) is 0 Å². The van der Waals surface area contributed by atoms with Crippen LogP contribution in [0.25, 0.3) is 0 Å². The zero-order valence-corrected chi connectivity index (χ0v) is 18.5. The second-order valence-corrected chi connectivity index (χ2v) is 9.34. The van der Waals surface area contributed by atoms with Crippen LogP contribution in [0.15, 0.2) is 42.5 Å². The highest BCUT2D eigenvalue weighted by molar-refractivity contribution is 6.31. The van der Waals surface area contributed by atoms with Crippen LogP contribution in [0.4, 0.5) is 0 Å². The van der Waals surface area contributed by atoms with Gasteiger partial charge in [-0.05, 0) is 68.0 Å². The van der Waals surface area contributed by atoms with E-state index >= 15 is 0 Å². The van der Waals surface area contributed by atoms with E-state index in [1.807, 2.05) is 54.3 Å². The molecule has 6 heteroatoms. The standard InChI is InChI=1S/C25H28ClN3O2/c1-15(16-6-3-2-4-7-16)28-24(30)19-9-10-20(26)17-11-13-29-22(23(17)19)14-21-18(25(29)31)8-5-12-27-21/h2-4,6-7,9-10,15,18,21-22,27H,5,8,11-14H2,1H3,(H,28,30)/t15-,18-,21-,22+/m1/s1. The van der Waals surface area contributed by atoms with Crippen molar-refractivity contribution < 1.29 is 9.59 Å². The lowest BCUT2D eigenvalue weighted by Crippen LogP contribution is -2.58. The minimum absolute atomic E-state index is 0.0566. The van der Waals surface area contributed by atoms with Crippen molar-refractivity contribution >= 4 is 23.4 Å². The molecule has 3 heterocycles. The maximum atomic E-state index is 13.4. The Labute approximate surface area is 188 Å². The monoisotopic (exact) mass is 437 g/mol. The van der Waals surface area contributed by atoms with Crippen LogP contribution in [0, 0.1) is 5.92 Å². The average molecular weight is 438 g/mol. The average Bonchev–Trinajstić information content (AvgIpc) is 2.80. The first-order valence-electron chi connectivity index (χ1n) is 11.3. The highest BCUT2D eigenvalue weighted by atomic mass is 35.5. The molecule has 0 spiro atoms. The van der Waals surface area contributed by atoms with Gasteiger partial charge < -0.3 is 15.5 Å². The van der Waals surface area contributed by atoms with Gasteiger partial charge in [0.15, 0.2) is 0 Å². The maximum absolute atomic E-state index is 13.4. The van der Waals surface area contributed by atoms with E-state index in [1.54, 1.807) is 0 Å². The molecule has 5 rings (SSSR count). The fraction of sp³-hybridized carbons (Fsp3) is 0.440. The summed E-state index contributed by atoms with van der Waals surface area (Å²) in [5, 5.41) is 7.38. The highest BCUT2D eigenvalue weighted by Crippen LogP contribution is 2.44. The summed E-state index contributed by atoms with van der Waals surface area (Å²) in [6.45, 7) is 3.61. The number of carbonyl (C=O) groups is 2. The summed E-state index contributed by atoms with van der Waals surface area (Å²) >= 11 is 6.57. The first-order valence-corrected chi connectivity index (χ1v) is 11.6. The van der Waals surface area contributed by atoms with Crippen LogP contribution in [0.1, 0.15) is 65.3 Å². The lowest BCUT2D eigenvalue weighted by molar-refractivity contribution is -0.145. The van der Waals surface area contributed by atoms with E-state index in [0.29, 0.717) is 23.6 Å². The minimum Gasteiger partial charge on any atom is -0.346 e. The molecule has 0 unspecified atom stereocenters. The lowest BCUT2D eigenvalue weighted by Gasteiger charge is -2.49. The molecule has 31 heavy (non-hydrogen) atoms. The Balaban J connectivity index is 1.49. The van der Waals surface area contributed by atoms with Gasteiger partial charge in [0.25, 0.3) is 5.91 Å². The van der Waals surface area contributed by atoms with Gasteiger partial charge in [-0.1, -0.05) is 41.9 Å². The number of halogens is 1. The predicted molar refractivity (Wildman–Crippen MR) is 121 cm³/mol. The molecule has 5 nitrogen and oxygen atoms in total. The van der Waals surface area contributed by atoms with Crippen molar-refractivity contribution in [3.05, 3.63) is 69.7 Å². The maximum Gasteiger partial charge on any atom is 0.252 e. The topological polar surface area (TPSA) is 61.4 Å². The van der Waals surface area contributed by atoms with Crippen molar-refractivity contribution in [1.29, 1.82) is 0 Å². The van der Waals surface area contributed by atoms with Crippen molar-refractivity contribution in [2.75, 3.05) is 13.1 Å². The van der Waals surface area contributed by atoms with Crippen LogP contribution in [-0.2, 0) is 11.2 Å². The van der Waals surface area contributed by atoms with Crippen molar-refractivity contribution in [3.8, 4) is 0 Å². The number of benzene rings is 2. The molecule has 0 aliphatic carbocycles. The summed E-state index contributed by atoms with van der Waals surface area (Å²) in [5.41, 5.74) is 3.65. The van der Waals surface area contributed by atoms with Gasteiger partial charge in [-0.25, -0.2) is 0 Å². The molecule has 2 aromatic rings. The lowest BCUT2D eigenvalue weighted by atomic mass is 9.76. The molecule has 4 atom stereocenters. The van der Waals surface area contributed by atoms with E-state index < -0.39 is 0 Å². The number of piperidine rings is 2. The molecular weight excluding hydrogens is 410 g/mol. The van der Waals surface area contributed by atoms with Gasteiger partial charge in [-0.2, -0.15) is 0 Å². The van der Waals surface area contributed by atoms with E-state index in [0.717, 1.165) is 42.5 Å². The van der Waals surface area contributed by atoms with Gasteiger partial charge >= 0.3 is 0 Å². The number of rotatable bonds is 3. The number of hydrogen-bond acceptors (Lipinski definition) is 3. The molecular formula is C25H28ClN3O2. The summed E-state index contributed by atoms with van der Waals surface area (Å²) in [7, 11) is 0. The molecule has 3 aliphatic heterocycles. The van der Waals surface area contributed by atoms with Gasteiger partial charge in [0.05, 0.1) is 18.0 Å². The van der Waals surface area contributed by atoms with E-state index in [1.165, 1.54) is 0 Å². The zero-order valence-electron chi connectivity index (χ0n) is 17.7. The molecule has 0 bridgehead atoms. The molecule has 162 valence electrons. The normalized spacial score (nSPS) is 25.8. The third kappa shape index (κ3) is 3.64. The van der Waals surface area contributed by atoms with Crippen molar-refractivity contribution in [1.82, 2.24) is 15.5 Å². The Bertz CT molecular complexity index is 1010. The quantitative estimate of drug-likeness (QED) is 0.762. The predicted octanol–water partition coefficient (Wildman–Crippen LogP) is 4.03. The van der Waals surface area contributed by atoms with Crippen molar-refractivity contribution in [2.24, 2.45) is 5.92 Å². The highest BCUT2D eigenvalue weighted by Gasteiger charge is 2.46. The van der Waals surface area contributed by atoms with E-state index in [2.05, 4.69) is 10.6 Å².